The molecular formula is C14H16F3NO6S2. The number of nitrogens with zero attached hydrogens (tertiary/aromatic N) is 1. The Morgan fingerprint density at radius 1 is 1.12 bits per heavy atom. The number of hydrogen-bond donors (Lipinski definition) is 0. The number of rotatable bonds is 3. The number of fused-ring (bicyclic) bond motifs is 2. The third-order valence-electron chi connectivity index (χ3n) is 4.53. The van der Waals surface area contributed by atoms with E-state index in [1.807, 2.05) is 0 Å². The van der Waals surface area contributed by atoms with Crippen molar-refractivity contribution in [3.8, 4) is 0 Å². The lowest BCUT2D eigenvalue weighted by Gasteiger charge is -2.34. The summed E-state index contributed by atoms with van der Waals surface area (Å²) < 4.78 is 98.7. The summed E-state index contributed by atoms with van der Waals surface area (Å²) in [5.41, 5.74) is -5.36. The highest BCUT2D eigenvalue weighted by molar-refractivity contribution is 8.04. The lowest BCUT2D eigenvalue weighted by Crippen LogP contribution is -2.48. The molecule has 0 amide bonds. The van der Waals surface area contributed by atoms with Crippen LogP contribution in [0.25, 0.3) is 0 Å². The topological polar surface area (TPSA) is 90.0 Å². The molecule has 1 saturated heterocycles. The van der Waals surface area contributed by atoms with E-state index in [2.05, 4.69) is 0 Å². The highest BCUT2D eigenvalue weighted by Gasteiger charge is 2.63. The Kier molecular flexibility index (Phi) is 4.43. The molecular weight excluding hydrogens is 399 g/mol. The van der Waals surface area contributed by atoms with Gasteiger partial charge >= 0.3 is 15.5 Å². The molecule has 7 nitrogen and oxygen atoms in total. The molecule has 1 aliphatic carbocycles. The number of hydrogen-bond acceptors (Lipinski definition) is 6. The molecule has 2 aliphatic rings. The molecule has 3 rings (SSSR count). The maximum absolute atomic E-state index is 13.2. The zero-order chi connectivity index (χ0) is 19.5. The molecule has 0 aromatic heterocycles. The van der Waals surface area contributed by atoms with Crippen molar-refractivity contribution in [1.29, 1.82) is 0 Å². The van der Waals surface area contributed by atoms with Crippen LogP contribution in [0.5, 0.6) is 0 Å². The average Bonchev–Trinajstić information content (AvgIpc) is 3.07. The van der Waals surface area contributed by atoms with Gasteiger partial charge < -0.3 is 9.47 Å². The first-order chi connectivity index (χ1) is 11.8. The highest BCUT2D eigenvalue weighted by Crippen LogP contribution is 2.56. The van der Waals surface area contributed by atoms with Gasteiger partial charge in [0.15, 0.2) is 5.79 Å². The fraction of sp³-hybridized carbons (Fsp3) is 0.571. The summed E-state index contributed by atoms with van der Waals surface area (Å²) in [6.07, 6.45) is 0.424. The molecule has 1 aromatic carbocycles. The van der Waals surface area contributed by atoms with E-state index in [4.69, 9.17) is 9.47 Å². The summed E-state index contributed by atoms with van der Waals surface area (Å²) in [4.78, 5) is 0. The average molecular weight is 415 g/mol. The van der Waals surface area contributed by atoms with E-state index in [-0.39, 0.29) is 18.8 Å². The number of alkyl halides is 3. The smallest absolute Gasteiger partial charge is 0.343 e. The van der Waals surface area contributed by atoms with Crippen molar-refractivity contribution in [2.75, 3.05) is 19.5 Å². The molecule has 146 valence electrons. The van der Waals surface area contributed by atoms with Crippen molar-refractivity contribution in [3.05, 3.63) is 35.4 Å². The van der Waals surface area contributed by atoms with Gasteiger partial charge in [0.05, 0.1) is 25.5 Å². The van der Waals surface area contributed by atoms with Crippen LogP contribution in [0.3, 0.4) is 0 Å². The summed E-state index contributed by atoms with van der Waals surface area (Å²) >= 11 is 0. The molecule has 12 heteroatoms. The number of ether oxygens (including phenoxy) is 2. The van der Waals surface area contributed by atoms with Crippen molar-refractivity contribution in [2.24, 2.45) is 5.92 Å². The van der Waals surface area contributed by atoms with Crippen molar-refractivity contribution in [1.82, 2.24) is 3.71 Å². The van der Waals surface area contributed by atoms with Crippen LogP contribution in [-0.2, 0) is 35.3 Å². The first-order valence-corrected chi connectivity index (χ1v) is 10.8. The van der Waals surface area contributed by atoms with Gasteiger partial charge in [-0.3, -0.25) is 0 Å². The second-order valence-corrected chi connectivity index (χ2v) is 10.0. The van der Waals surface area contributed by atoms with Crippen LogP contribution < -0.4 is 0 Å². The van der Waals surface area contributed by atoms with Crippen LogP contribution in [0.4, 0.5) is 13.2 Å². The fourth-order valence-corrected chi connectivity index (χ4v) is 6.76. The van der Waals surface area contributed by atoms with E-state index in [0.717, 1.165) is 0 Å². The van der Waals surface area contributed by atoms with Crippen LogP contribution in [0.15, 0.2) is 24.3 Å². The molecule has 0 N–H and O–H groups in total. The maximum Gasteiger partial charge on any atom is 0.512 e. The minimum Gasteiger partial charge on any atom is -0.343 e. The third-order valence-corrected chi connectivity index (χ3v) is 8.10. The fourth-order valence-electron chi connectivity index (χ4n) is 3.57. The van der Waals surface area contributed by atoms with Crippen LogP contribution >= 0.6 is 0 Å². The van der Waals surface area contributed by atoms with Crippen LogP contribution in [0.2, 0.25) is 0 Å². The van der Waals surface area contributed by atoms with Gasteiger partial charge in [0.25, 0.3) is 0 Å². The Morgan fingerprint density at radius 3 is 2.15 bits per heavy atom. The third kappa shape index (κ3) is 2.66. The van der Waals surface area contributed by atoms with E-state index in [1.54, 1.807) is 6.07 Å². The lowest BCUT2D eigenvalue weighted by atomic mass is 9.99. The number of halogens is 3. The summed E-state index contributed by atoms with van der Waals surface area (Å²) in [5, 5.41) is 0. The number of benzene rings is 1. The van der Waals surface area contributed by atoms with Crippen molar-refractivity contribution >= 4 is 20.0 Å². The molecule has 1 aliphatic heterocycles. The molecule has 0 radical (unpaired) electrons. The van der Waals surface area contributed by atoms with Gasteiger partial charge in [-0.2, -0.15) is 13.2 Å². The Balaban J connectivity index is 2.27. The normalized spacial score (nSPS) is 25.8. The largest absolute Gasteiger partial charge is 0.512 e. The molecule has 2 unspecified atom stereocenters. The van der Waals surface area contributed by atoms with Crippen molar-refractivity contribution in [3.63, 3.8) is 0 Å². The van der Waals surface area contributed by atoms with E-state index in [1.165, 1.54) is 25.1 Å². The van der Waals surface area contributed by atoms with Crippen molar-refractivity contribution < 1.29 is 39.5 Å². The van der Waals surface area contributed by atoms with Gasteiger partial charge in [-0.15, -0.1) is 0 Å². The first kappa shape index (κ1) is 19.5. The van der Waals surface area contributed by atoms with Gasteiger partial charge in [0.1, 0.15) is 0 Å². The highest BCUT2D eigenvalue weighted by atomic mass is 32.3. The standard InChI is InChI=1S/C14H16F3NO6S2/c1-9-12(18(25(2,19)20)26(21,22)14(15,16)17)10-5-3-4-6-11(10)13(9)23-7-8-24-13/h3-6,9,12H,7-8H2,1-2H3. The second kappa shape index (κ2) is 5.89. The lowest BCUT2D eigenvalue weighted by molar-refractivity contribution is -0.199. The Morgan fingerprint density at radius 2 is 1.65 bits per heavy atom. The van der Waals surface area contributed by atoms with Crippen LogP contribution in [0, 0.1) is 5.92 Å². The summed E-state index contributed by atoms with van der Waals surface area (Å²) in [6.45, 7) is 1.70. The Labute approximate surface area is 148 Å². The van der Waals surface area contributed by atoms with E-state index < -0.39 is 47.0 Å². The van der Waals surface area contributed by atoms with Gasteiger partial charge in [-0.05, 0) is 5.56 Å². The molecule has 26 heavy (non-hydrogen) atoms. The van der Waals surface area contributed by atoms with Gasteiger partial charge in [-0.1, -0.05) is 34.9 Å². The van der Waals surface area contributed by atoms with Crippen molar-refractivity contribution in [2.45, 2.75) is 24.3 Å². The van der Waals surface area contributed by atoms with E-state index in [9.17, 15) is 30.0 Å². The molecule has 0 bridgehead atoms. The molecule has 2 atom stereocenters. The van der Waals surface area contributed by atoms with Crippen LogP contribution in [-0.4, -0.2) is 45.5 Å². The van der Waals surface area contributed by atoms with E-state index >= 15 is 0 Å². The van der Waals surface area contributed by atoms with Gasteiger partial charge in [0, 0.05) is 11.5 Å². The first-order valence-electron chi connectivity index (χ1n) is 7.52. The quantitative estimate of drug-likeness (QED) is 0.746. The minimum absolute atomic E-state index is 0.0974. The summed E-state index contributed by atoms with van der Waals surface area (Å²) in [7, 11) is -11.0. The zero-order valence-corrected chi connectivity index (χ0v) is 15.4. The van der Waals surface area contributed by atoms with Gasteiger partial charge in [0.2, 0.25) is 10.0 Å². The molecule has 1 heterocycles. The zero-order valence-electron chi connectivity index (χ0n) is 13.7. The maximum atomic E-state index is 13.2. The number of sulfonamides is 2. The summed E-state index contributed by atoms with van der Waals surface area (Å²) in [6, 6.07) is 4.32. The predicted molar refractivity (Wildman–Crippen MR) is 83.6 cm³/mol. The van der Waals surface area contributed by atoms with Crippen LogP contribution in [0.1, 0.15) is 24.1 Å². The Bertz CT molecular complexity index is 922. The molecule has 1 spiro atoms. The predicted octanol–water partition coefficient (Wildman–Crippen LogP) is 1.69. The van der Waals surface area contributed by atoms with Gasteiger partial charge in [-0.25, -0.2) is 16.8 Å². The molecule has 1 aromatic rings. The minimum atomic E-state index is -6.17. The SMILES string of the molecule is CC1C(N(S(C)(=O)=O)S(=O)(=O)C(F)(F)F)c2ccccc2C12OCCO2. The van der Waals surface area contributed by atoms with E-state index in [0.29, 0.717) is 11.8 Å². The Hall–Kier alpha value is -1.21. The second-order valence-electron chi connectivity index (χ2n) is 6.12. The molecule has 0 saturated carbocycles. The molecule has 1 fully saturated rings. The monoisotopic (exact) mass is 415 g/mol. The summed E-state index contributed by atoms with van der Waals surface area (Å²) in [5.74, 6) is -2.53.